The molecule has 9 heteroatoms. The van der Waals surface area contributed by atoms with Crippen LogP contribution in [0, 0.1) is 0 Å². The lowest BCUT2D eigenvalue weighted by Crippen LogP contribution is -2.25. The highest BCUT2D eigenvalue weighted by Crippen LogP contribution is 2.25. The Hall–Kier alpha value is -3.20. The van der Waals surface area contributed by atoms with E-state index in [1.165, 1.54) is 4.31 Å². The van der Waals surface area contributed by atoms with Crippen LogP contribution in [-0.4, -0.2) is 36.8 Å². The van der Waals surface area contributed by atoms with Crippen molar-refractivity contribution < 1.29 is 13.2 Å². The zero-order chi connectivity index (χ0) is 19.7. The number of carbonyl (C=O) groups excluding carboxylic acids is 1. The number of rotatable bonds is 4. The lowest BCUT2D eigenvalue weighted by Gasteiger charge is -2.17. The lowest BCUT2D eigenvalue weighted by atomic mass is 10.1. The fourth-order valence-corrected chi connectivity index (χ4v) is 4.87. The van der Waals surface area contributed by atoms with E-state index in [-0.39, 0.29) is 23.6 Å². The minimum Gasteiger partial charge on any atom is -0.326 e. The van der Waals surface area contributed by atoms with Gasteiger partial charge in [0.1, 0.15) is 0 Å². The Morgan fingerprint density at radius 2 is 1.82 bits per heavy atom. The molecule has 0 saturated carbocycles. The number of amides is 1. The number of hydrogen-bond acceptors (Lipinski definition) is 5. The van der Waals surface area contributed by atoms with Crippen LogP contribution in [0.15, 0.2) is 53.3 Å². The van der Waals surface area contributed by atoms with Gasteiger partial charge in [0.2, 0.25) is 15.9 Å². The second kappa shape index (κ2) is 7.08. The Balaban J connectivity index is 1.49. The van der Waals surface area contributed by atoms with Crippen LogP contribution in [0.4, 0.5) is 11.4 Å². The Morgan fingerprint density at radius 3 is 2.50 bits per heavy atom. The van der Waals surface area contributed by atoms with E-state index in [9.17, 15) is 18.0 Å². The van der Waals surface area contributed by atoms with Crippen molar-refractivity contribution in [1.82, 2.24) is 10.2 Å². The van der Waals surface area contributed by atoms with Gasteiger partial charge in [-0.15, -0.1) is 0 Å². The molecule has 28 heavy (non-hydrogen) atoms. The zero-order valence-electron chi connectivity index (χ0n) is 14.9. The van der Waals surface area contributed by atoms with Gasteiger partial charge < -0.3 is 5.32 Å². The van der Waals surface area contributed by atoms with E-state index in [1.54, 1.807) is 48.5 Å². The SMILES string of the molecule is O=C(Cc1n[nH]c(=O)c2ccccc12)Nc1ccc(N2CCCS2(=O)=O)cc1. The van der Waals surface area contributed by atoms with Gasteiger partial charge in [-0.1, -0.05) is 18.2 Å². The summed E-state index contributed by atoms with van der Waals surface area (Å²) in [6, 6.07) is 13.7. The molecule has 0 radical (unpaired) electrons. The van der Waals surface area contributed by atoms with Crippen LogP contribution in [0.1, 0.15) is 12.1 Å². The van der Waals surface area contributed by atoms with Crippen LogP contribution in [0.2, 0.25) is 0 Å². The molecule has 2 heterocycles. The van der Waals surface area contributed by atoms with Gasteiger partial charge in [0.15, 0.2) is 0 Å². The number of carbonyl (C=O) groups is 1. The van der Waals surface area contributed by atoms with Crippen molar-refractivity contribution in [2.45, 2.75) is 12.8 Å². The molecule has 2 N–H and O–H groups in total. The van der Waals surface area contributed by atoms with Crippen molar-refractivity contribution >= 4 is 38.1 Å². The Bertz CT molecular complexity index is 1200. The van der Waals surface area contributed by atoms with E-state index in [0.717, 1.165) is 0 Å². The molecule has 2 aromatic carbocycles. The quantitative estimate of drug-likeness (QED) is 0.694. The van der Waals surface area contributed by atoms with E-state index >= 15 is 0 Å². The summed E-state index contributed by atoms with van der Waals surface area (Å²) in [4.78, 5) is 24.2. The van der Waals surface area contributed by atoms with Crippen LogP contribution in [0.25, 0.3) is 10.8 Å². The van der Waals surface area contributed by atoms with Crippen molar-refractivity contribution in [1.29, 1.82) is 0 Å². The van der Waals surface area contributed by atoms with Gasteiger partial charge in [-0.2, -0.15) is 5.10 Å². The molecule has 1 aromatic heterocycles. The number of aromatic amines is 1. The first-order valence-electron chi connectivity index (χ1n) is 8.81. The van der Waals surface area contributed by atoms with Crippen molar-refractivity contribution in [2.24, 2.45) is 0 Å². The molecule has 1 saturated heterocycles. The lowest BCUT2D eigenvalue weighted by molar-refractivity contribution is -0.115. The molecule has 4 rings (SSSR count). The van der Waals surface area contributed by atoms with Crippen molar-refractivity contribution in [3.63, 3.8) is 0 Å². The van der Waals surface area contributed by atoms with Crippen molar-refractivity contribution in [3.05, 3.63) is 64.6 Å². The first-order valence-corrected chi connectivity index (χ1v) is 10.4. The van der Waals surface area contributed by atoms with E-state index in [2.05, 4.69) is 15.5 Å². The highest BCUT2D eigenvalue weighted by molar-refractivity contribution is 7.93. The number of sulfonamides is 1. The van der Waals surface area contributed by atoms with Crippen molar-refractivity contribution in [2.75, 3.05) is 21.9 Å². The van der Waals surface area contributed by atoms with Gasteiger partial charge in [-0.25, -0.2) is 13.5 Å². The molecule has 0 aliphatic carbocycles. The smallest absolute Gasteiger partial charge is 0.272 e. The molecule has 0 atom stereocenters. The maximum absolute atomic E-state index is 12.4. The van der Waals surface area contributed by atoms with E-state index in [0.29, 0.717) is 40.8 Å². The summed E-state index contributed by atoms with van der Waals surface area (Å²) in [5.74, 6) is -0.128. The van der Waals surface area contributed by atoms with Crippen LogP contribution < -0.4 is 15.2 Å². The molecule has 0 bridgehead atoms. The molecular formula is C19H18N4O4S. The topological polar surface area (TPSA) is 112 Å². The summed E-state index contributed by atoms with van der Waals surface area (Å²) in [5, 5.41) is 10.3. The fraction of sp³-hybridized carbons (Fsp3) is 0.211. The highest BCUT2D eigenvalue weighted by Gasteiger charge is 2.28. The van der Waals surface area contributed by atoms with Gasteiger partial charge in [0.25, 0.3) is 5.56 Å². The van der Waals surface area contributed by atoms with E-state index in [4.69, 9.17) is 0 Å². The van der Waals surface area contributed by atoms with Gasteiger partial charge in [-0.3, -0.25) is 13.9 Å². The number of fused-ring (bicyclic) bond motifs is 1. The van der Waals surface area contributed by atoms with Crippen molar-refractivity contribution in [3.8, 4) is 0 Å². The van der Waals surface area contributed by atoms with Gasteiger partial charge in [0, 0.05) is 17.6 Å². The molecule has 8 nitrogen and oxygen atoms in total. The summed E-state index contributed by atoms with van der Waals surface area (Å²) in [7, 11) is -3.23. The van der Waals surface area contributed by atoms with Crippen LogP contribution in [0.3, 0.4) is 0 Å². The third-order valence-electron chi connectivity index (χ3n) is 4.64. The van der Waals surface area contributed by atoms with Crippen LogP contribution in [-0.2, 0) is 21.2 Å². The van der Waals surface area contributed by atoms with Gasteiger partial charge >= 0.3 is 0 Å². The number of aromatic nitrogens is 2. The van der Waals surface area contributed by atoms with Gasteiger partial charge in [0.05, 0.1) is 28.9 Å². The normalized spacial score (nSPS) is 15.6. The number of benzene rings is 2. The number of anilines is 2. The maximum atomic E-state index is 12.4. The molecule has 0 unspecified atom stereocenters. The first-order chi connectivity index (χ1) is 13.4. The maximum Gasteiger partial charge on any atom is 0.272 e. The minimum atomic E-state index is -3.23. The molecule has 1 aliphatic heterocycles. The second-order valence-electron chi connectivity index (χ2n) is 6.56. The molecule has 1 fully saturated rings. The standard InChI is InChI=1S/C19H18N4O4S/c24-18(12-17-15-4-1-2-5-16(15)19(25)22-21-17)20-13-6-8-14(9-7-13)23-10-3-11-28(23,26)27/h1-2,4-9H,3,10-12H2,(H,20,24)(H,22,25). The summed E-state index contributed by atoms with van der Waals surface area (Å²) >= 11 is 0. The summed E-state index contributed by atoms with van der Waals surface area (Å²) in [6.07, 6.45) is 0.612. The van der Waals surface area contributed by atoms with E-state index in [1.807, 2.05) is 0 Å². The molecular weight excluding hydrogens is 380 g/mol. The Kier molecular flexibility index (Phi) is 4.60. The van der Waals surface area contributed by atoms with Gasteiger partial charge in [-0.05, 0) is 36.8 Å². The second-order valence-corrected chi connectivity index (χ2v) is 8.57. The average Bonchev–Trinajstić information content (AvgIpc) is 3.04. The Morgan fingerprint density at radius 1 is 1.11 bits per heavy atom. The predicted molar refractivity (Wildman–Crippen MR) is 107 cm³/mol. The molecule has 144 valence electrons. The summed E-state index contributed by atoms with van der Waals surface area (Å²) in [5.41, 5.74) is 1.32. The zero-order valence-corrected chi connectivity index (χ0v) is 15.7. The predicted octanol–water partition coefficient (Wildman–Crippen LogP) is 1.64. The van der Waals surface area contributed by atoms with Crippen LogP contribution in [0.5, 0.6) is 0 Å². The molecule has 1 aliphatic rings. The third-order valence-corrected chi connectivity index (χ3v) is 6.51. The Labute approximate surface area is 161 Å². The van der Waals surface area contributed by atoms with E-state index < -0.39 is 10.0 Å². The number of hydrogen-bond donors (Lipinski definition) is 2. The summed E-state index contributed by atoms with van der Waals surface area (Å²) < 4.78 is 25.4. The number of nitrogens with zero attached hydrogens (tertiary/aromatic N) is 2. The molecule has 0 spiro atoms. The minimum absolute atomic E-state index is 0.000447. The summed E-state index contributed by atoms with van der Waals surface area (Å²) in [6.45, 7) is 0.471. The highest BCUT2D eigenvalue weighted by atomic mass is 32.2. The monoisotopic (exact) mass is 398 g/mol. The fourth-order valence-electron chi connectivity index (χ4n) is 3.30. The third kappa shape index (κ3) is 3.48. The molecule has 1 amide bonds. The van der Waals surface area contributed by atoms with Crippen LogP contribution >= 0.6 is 0 Å². The first kappa shape index (κ1) is 18.2. The average molecular weight is 398 g/mol. The number of nitrogens with one attached hydrogen (secondary N) is 2. The number of H-pyrrole nitrogens is 1. The largest absolute Gasteiger partial charge is 0.326 e. The molecule has 3 aromatic rings.